The van der Waals surface area contributed by atoms with E-state index < -0.39 is 5.97 Å². The molecule has 0 aliphatic carbocycles. The average molecular weight is 523 g/mol. The first-order chi connectivity index (χ1) is 11.3. The monoisotopic (exact) mass is 520 g/mol. The zero-order valence-corrected chi connectivity index (χ0v) is 17.7. The van der Waals surface area contributed by atoms with Gasteiger partial charge in [-0.05, 0) is 74.2 Å². The molecule has 128 valence electrons. The quantitative estimate of drug-likeness (QED) is 0.422. The highest BCUT2D eigenvalue weighted by Gasteiger charge is 2.09. The summed E-state index contributed by atoms with van der Waals surface area (Å²) in [6, 6.07) is 10.7. The lowest BCUT2D eigenvalue weighted by Gasteiger charge is -2.03. The number of esters is 1. The molecular formula is C17H15Br3O4. The predicted molar refractivity (Wildman–Crippen MR) is 104 cm³/mol. The molecule has 0 saturated heterocycles. The third-order valence-electron chi connectivity index (χ3n) is 2.95. The summed E-state index contributed by atoms with van der Waals surface area (Å²) in [4.78, 5) is 21.7. The number of carbonyl (C=O) groups excluding carboxylic acids is 1. The van der Waals surface area contributed by atoms with Gasteiger partial charge in [-0.2, -0.15) is 0 Å². The lowest BCUT2D eigenvalue weighted by atomic mass is 10.1. The van der Waals surface area contributed by atoms with E-state index in [0.29, 0.717) is 15.6 Å². The summed E-state index contributed by atoms with van der Waals surface area (Å²) < 4.78 is 6.00. The fourth-order valence-electron chi connectivity index (χ4n) is 1.71. The van der Waals surface area contributed by atoms with Crippen LogP contribution in [0.2, 0.25) is 0 Å². The van der Waals surface area contributed by atoms with E-state index in [1.165, 1.54) is 7.11 Å². The van der Waals surface area contributed by atoms with Crippen LogP contribution in [0.15, 0.2) is 45.3 Å². The molecule has 0 aliphatic heterocycles. The molecule has 0 radical (unpaired) electrons. The Morgan fingerprint density at radius 2 is 1.62 bits per heavy atom. The van der Waals surface area contributed by atoms with Crippen molar-refractivity contribution in [2.45, 2.75) is 12.3 Å². The third kappa shape index (κ3) is 6.03. The molecule has 7 heteroatoms. The molecule has 1 N–H and O–H groups in total. The van der Waals surface area contributed by atoms with Crippen molar-refractivity contribution in [1.29, 1.82) is 0 Å². The van der Waals surface area contributed by atoms with E-state index >= 15 is 0 Å². The molecule has 0 bridgehead atoms. The second-order valence-corrected chi connectivity index (χ2v) is 7.00. The molecular weight excluding hydrogens is 508 g/mol. The summed E-state index contributed by atoms with van der Waals surface area (Å²) in [6.07, 6.45) is 0. The summed E-state index contributed by atoms with van der Waals surface area (Å²) in [5.41, 5.74) is 3.00. The first kappa shape index (κ1) is 20.9. The summed E-state index contributed by atoms with van der Waals surface area (Å²) >= 11 is 9.81. The molecule has 0 spiro atoms. The van der Waals surface area contributed by atoms with Crippen LogP contribution < -0.4 is 0 Å². The molecule has 2 aromatic carbocycles. The summed E-state index contributed by atoms with van der Waals surface area (Å²) in [5.74, 6) is -1.23. The Morgan fingerprint density at radius 1 is 1.04 bits per heavy atom. The highest BCUT2D eigenvalue weighted by atomic mass is 79.9. The lowest BCUT2D eigenvalue weighted by Crippen LogP contribution is -2.02. The number of carboxylic acids is 1. The Labute approximate surface area is 165 Å². The van der Waals surface area contributed by atoms with E-state index in [4.69, 9.17) is 5.11 Å². The number of hydrogen-bond donors (Lipinski definition) is 1. The second-order valence-electron chi connectivity index (χ2n) is 4.73. The normalized spacial score (nSPS) is 9.71. The van der Waals surface area contributed by atoms with Gasteiger partial charge in [0.1, 0.15) is 0 Å². The van der Waals surface area contributed by atoms with Crippen LogP contribution in [0.3, 0.4) is 0 Å². The van der Waals surface area contributed by atoms with E-state index in [9.17, 15) is 9.59 Å². The van der Waals surface area contributed by atoms with Crippen molar-refractivity contribution in [3.05, 3.63) is 67.6 Å². The van der Waals surface area contributed by atoms with Crippen LogP contribution >= 0.6 is 47.8 Å². The molecule has 2 rings (SSSR count). The van der Waals surface area contributed by atoms with Crippen LogP contribution in [0.25, 0.3) is 0 Å². The molecule has 24 heavy (non-hydrogen) atoms. The number of halogens is 3. The first-order valence-electron chi connectivity index (χ1n) is 6.72. The lowest BCUT2D eigenvalue weighted by molar-refractivity contribution is 0.0598. The molecule has 0 atom stereocenters. The van der Waals surface area contributed by atoms with Crippen molar-refractivity contribution in [1.82, 2.24) is 0 Å². The number of aryl methyl sites for hydroxylation is 1. The van der Waals surface area contributed by atoms with Crippen LogP contribution in [-0.2, 0) is 10.1 Å². The number of ether oxygens (including phenoxy) is 1. The van der Waals surface area contributed by atoms with Gasteiger partial charge in [0.2, 0.25) is 0 Å². The second kappa shape index (κ2) is 9.96. The van der Waals surface area contributed by atoms with Gasteiger partial charge in [-0.3, -0.25) is 0 Å². The predicted octanol–water partition coefficient (Wildman–Crippen LogP) is 5.59. The van der Waals surface area contributed by atoms with Crippen LogP contribution in [0, 0.1) is 6.92 Å². The maximum atomic E-state index is 11.2. The number of carbonyl (C=O) groups is 2. The van der Waals surface area contributed by atoms with Gasteiger partial charge in [-0.15, -0.1) is 0 Å². The standard InChI is InChI=1S/C9H8Br2O2.C8H7BrO2/c1-13-9(12)7-3-2-6(5-10)4-8(7)11;1-5-2-3-6(8(10)11)7(9)4-5/h2-4H,5H2,1H3;2-4H,1H3,(H,10,11). The van der Waals surface area contributed by atoms with E-state index in [-0.39, 0.29) is 5.97 Å². The summed E-state index contributed by atoms with van der Waals surface area (Å²) in [5, 5.41) is 9.40. The van der Waals surface area contributed by atoms with Gasteiger partial charge in [-0.25, -0.2) is 9.59 Å². The molecule has 2 aromatic rings. The molecule has 0 unspecified atom stereocenters. The van der Waals surface area contributed by atoms with E-state index in [2.05, 4.69) is 52.5 Å². The maximum Gasteiger partial charge on any atom is 0.338 e. The number of benzene rings is 2. The van der Waals surface area contributed by atoms with Crippen molar-refractivity contribution in [2.24, 2.45) is 0 Å². The minimum atomic E-state index is -0.906. The Hall–Kier alpha value is -1.18. The molecule has 0 saturated carbocycles. The Morgan fingerprint density at radius 3 is 2.08 bits per heavy atom. The fourth-order valence-corrected chi connectivity index (χ4v) is 3.31. The van der Waals surface area contributed by atoms with Gasteiger partial charge in [0, 0.05) is 14.3 Å². The van der Waals surface area contributed by atoms with Crippen molar-refractivity contribution >= 4 is 59.7 Å². The number of aromatic carboxylic acids is 1. The summed E-state index contributed by atoms with van der Waals surface area (Å²) in [6.45, 7) is 1.91. The highest BCUT2D eigenvalue weighted by Crippen LogP contribution is 2.20. The average Bonchev–Trinajstić information content (AvgIpc) is 2.54. The number of hydrogen-bond acceptors (Lipinski definition) is 3. The minimum absolute atomic E-state index is 0.301. The van der Waals surface area contributed by atoms with Crippen LogP contribution in [0.1, 0.15) is 31.8 Å². The Bertz CT molecular complexity index is 745. The molecule has 0 fully saturated rings. The van der Waals surface area contributed by atoms with Gasteiger partial charge >= 0.3 is 11.9 Å². The smallest absolute Gasteiger partial charge is 0.338 e. The van der Waals surface area contributed by atoms with E-state index in [1.807, 2.05) is 19.1 Å². The van der Waals surface area contributed by atoms with Gasteiger partial charge in [0.05, 0.1) is 18.2 Å². The Balaban J connectivity index is 0.000000243. The number of rotatable bonds is 3. The zero-order valence-electron chi connectivity index (χ0n) is 13.0. The van der Waals surface area contributed by atoms with Gasteiger partial charge in [0.15, 0.2) is 0 Å². The number of alkyl halides is 1. The van der Waals surface area contributed by atoms with Gasteiger partial charge in [-0.1, -0.05) is 28.1 Å². The fraction of sp³-hybridized carbons (Fsp3) is 0.176. The molecule has 0 amide bonds. The van der Waals surface area contributed by atoms with E-state index in [0.717, 1.165) is 20.9 Å². The maximum absolute atomic E-state index is 11.2. The minimum Gasteiger partial charge on any atom is -0.478 e. The molecule has 0 aliphatic rings. The molecule has 0 aromatic heterocycles. The summed E-state index contributed by atoms with van der Waals surface area (Å²) in [7, 11) is 1.37. The zero-order chi connectivity index (χ0) is 18.3. The number of methoxy groups -OCH3 is 1. The Kier molecular flexibility index (Phi) is 8.66. The third-order valence-corrected chi connectivity index (χ3v) is 4.91. The topological polar surface area (TPSA) is 63.6 Å². The van der Waals surface area contributed by atoms with Crippen molar-refractivity contribution in [3.8, 4) is 0 Å². The first-order valence-corrected chi connectivity index (χ1v) is 9.43. The largest absolute Gasteiger partial charge is 0.478 e. The molecule has 4 nitrogen and oxygen atoms in total. The van der Waals surface area contributed by atoms with Crippen molar-refractivity contribution in [2.75, 3.05) is 7.11 Å². The highest BCUT2D eigenvalue weighted by molar-refractivity contribution is 9.11. The molecule has 0 heterocycles. The van der Waals surface area contributed by atoms with Crippen molar-refractivity contribution < 1.29 is 19.4 Å². The van der Waals surface area contributed by atoms with Crippen molar-refractivity contribution in [3.63, 3.8) is 0 Å². The number of carboxylic acid groups (broad SMARTS) is 1. The van der Waals surface area contributed by atoms with Gasteiger partial charge in [0.25, 0.3) is 0 Å². The van der Waals surface area contributed by atoms with Crippen LogP contribution in [-0.4, -0.2) is 24.2 Å². The van der Waals surface area contributed by atoms with Crippen LogP contribution in [0.5, 0.6) is 0 Å². The van der Waals surface area contributed by atoms with Gasteiger partial charge < -0.3 is 9.84 Å². The van der Waals surface area contributed by atoms with E-state index in [1.54, 1.807) is 24.3 Å². The van der Waals surface area contributed by atoms with Crippen LogP contribution in [0.4, 0.5) is 0 Å². The SMILES string of the molecule is COC(=O)c1ccc(CBr)cc1Br.Cc1ccc(C(=O)O)c(Br)c1.